The van der Waals surface area contributed by atoms with E-state index in [-0.39, 0.29) is 41.8 Å². The van der Waals surface area contributed by atoms with Crippen LogP contribution in [0.15, 0.2) is 29.3 Å². The lowest BCUT2D eigenvalue weighted by Crippen LogP contribution is -2.44. The van der Waals surface area contributed by atoms with Crippen molar-refractivity contribution in [1.82, 2.24) is 15.5 Å². The highest BCUT2D eigenvalue weighted by molar-refractivity contribution is 14.0. The molecule has 0 aliphatic rings. The Kier molecular flexibility index (Phi) is 12.2. The molecule has 1 aromatic carbocycles. The van der Waals surface area contributed by atoms with E-state index in [1.807, 2.05) is 19.1 Å². The van der Waals surface area contributed by atoms with Gasteiger partial charge in [0.05, 0.1) is 6.61 Å². The molecule has 1 amide bonds. The van der Waals surface area contributed by atoms with Gasteiger partial charge in [0.25, 0.3) is 0 Å². The summed E-state index contributed by atoms with van der Waals surface area (Å²) in [4.78, 5) is 17.7. The Bertz CT molecular complexity index is 613. The summed E-state index contributed by atoms with van der Waals surface area (Å²) in [6, 6.07) is 8.26. The number of carbonyl (C=O) groups excluding carboxylic acids is 1. The summed E-state index contributed by atoms with van der Waals surface area (Å²) in [7, 11) is 3.46. The monoisotopic (exact) mass is 504 g/mol. The van der Waals surface area contributed by atoms with Gasteiger partial charge in [0.15, 0.2) is 5.96 Å². The SMILES string of the molecule is CCNC(=NCC(=O)N(C)C)NCC(C)(C)c1ccc(OCC(C)C)cc1.I. The number of hydrogen-bond acceptors (Lipinski definition) is 3. The van der Waals surface area contributed by atoms with Gasteiger partial charge in [-0.05, 0) is 30.5 Å². The Hall–Kier alpha value is -1.51. The van der Waals surface area contributed by atoms with Gasteiger partial charge in [-0.2, -0.15) is 0 Å². The van der Waals surface area contributed by atoms with Crippen molar-refractivity contribution in [2.75, 3.05) is 40.3 Å². The van der Waals surface area contributed by atoms with Gasteiger partial charge in [0, 0.05) is 32.6 Å². The zero-order chi connectivity index (χ0) is 20.4. The number of amides is 1. The van der Waals surface area contributed by atoms with Gasteiger partial charge < -0.3 is 20.3 Å². The lowest BCUT2D eigenvalue weighted by atomic mass is 9.84. The number of likely N-dealkylation sites (N-methyl/N-ethyl adjacent to an activating group) is 1. The average molecular weight is 504 g/mol. The molecule has 0 aliphatic carbocycles. The van der Waals surface area contributed by atoms with Crippen LogP contribution in [-0.4, -0.2) is 57.1 Å². The minimum atomic E-state index is -0.0989. The van der Waals surface area contributed by atoms with Gasteiger partial charge in [0.2, 0.25) is 5.91 Å². The molecule has 0 aromatic heterocycles. The maximum atomic E-state index is 11.8. The van der Waals surface area contributed by atoms with Gasteiger partial charge in [-0.1, -0.05) is 39.8 Å². The van der Waals surface area contributed by atoms with E-state index >= 15 is 0 Å². The average Bonchev–Trinajstić information content (AvgIpc) is 2.62. The first kappa shape index (κ1) is 26.5. The molecule has 0 aliphatic heterocycles. The zero-order valence-electron chi connectivity index (χ0n) is 18.3. The minimum Gasteiger partial charge on any atom is -0.493 e. The minimum absolute atomic E-state index is 0. The molecule has 28 heavy (non-hydrogen) atoms. The number of halogens is 1. The molecule has 0 unspecified atom stereocenters. The Morgan fingerprint density at radius 1 is 1.18 bits per heavy atom. The summed E-state index contributed by atoms with van der Waals surface area (Å²) in [5.41, 5.74) is 1.12. The van der Waals surface area contributed by atoms with E-state index in [0.717, 1.165) is 18.9 Å². The van der Waals surface area contributed by atoms with Crippen molar-refractivity contribution in [1.29, 1.82) is 0 Å². The Balaban J connectivity index is 0.00000729. The van der Waals surface area contributed by atoms with Crippen LogP contribution >= 0.6 is 24.0 Å². The molecular weight excluding hydrogens is 467 g/mol. The van der Waals surface area contributed by atoms with Crippen molar-refractivity contribution in [3.8, 4) is 5.75 Å². The molecule has 1 rings (SSSR count). The summed E-state index contributed by atoms with van der Waals surface area (Å²) in [5, 5.41) is 6.53. The van der Waals surface area contributed by atoms with Crippen molar-refractivity contribution in [2.45, 2.75) is 40.0 Å². The molecule has 1 aromatic rings. The predicted octanol–water partition coefficient (Wildman–Crippen LogP) is 3.26. The number of carbonyl (C=O) groups is 1. The standard InChI is InChI=1S/C21H36N4O2.HI/c1-8-22-20(23-13-19(26)25(6)7)24-15-21(4,5)17-9-11-18(12-10-17)27-14-16(2)3;/h9-12,16H,8,13-15H2,1-7H3,(H2,22,23,24);1H. The van der Waals surface area contributed by atoms with Gasteiger partial charge in [-0.15, -0.1) is 24.0 Å². The zero-order valence-corrected chi connectivity index (χ0v) is 20.7. The Labute approximate surface area is 187 Å². The first-order valence-electron chi connectivity index (χ1n) is 9.61. The van der Waals surface area contributed by atoms with Crippen molar-refractivity contribution in [3.05, 3.63) is 29.8 Å². The van der Waals surface area contributed by atoms with Crippen LogP contribution in [0.3, 0.4) is 0 Å². The van der Waals surface area contributed by atoms with Gasteiger partial charge in [-0.3, -0.25) is 4.79 Å². The molecule has 0 heterocycles. The number of benzene rings is 1. The quantitative estimate of drug-likeness (QED) is 0.308. The number of hydrogen-bond donors (Lipinski definition) is 2. The molecule has 160 valence electrons. The van der Waals surface area contributed by atoms with Crippen LogP contribution < -0.4 is 15.4 Å². The maximum absolute atomic E-state index is 11.8. The van der Waals surface area contributed by atoms with Crippen LogP contribution in [0.25, 0.3) is 0 Å². The third-order valence-corrected chi connectivity index (χ3v) is 4.13. The van der Waals surface area contributed by atoms with E-state index in [9.17, 15) is 4.79 Å². The van der Waals surface area contributed by atoms with Crippen molar-refractivity contribution in [3.63, 3.8) is 0 Å². The molecule has 0 radical (unpaired) electrons. The maximum Gasteiger partial charge on any atom is 0.243 e. The van der Waals surface area contributed by atoms with E-state index in [1.54, 1.807) is 19.0 Å². The van der Waals surface area contributed by atoms with Crippen LogP contribution in [0.2, 0.25) is 0 Å². The summed E-state index contributed by atoms with van der Waals surface area (Å²) in [6.07, 6.45) is 0. The smallest absolute Gasteiger partial charge is 0.243 e. The summed E-state index contributed by atoms with van der Waals surface area (Å²) >= 11 is 0. The van der Waals surface area contributed by atoms with E-state index in [2.05, 4.69) is 55.5 Å². The highest BCUT2D eigenvalue weighted by Crippen LogP contribution is 2.24. The van der Waals surface area contributed by atoms with Crippen molar-refractivity contribution in [2.24, 2.45) is 10.9 Å². The van der Waals surface area contributed by atoms with Gasteiger partial charge in [-0.25, -0.2) is 4.99 Å². The summed E-state index contributed by atoms with van der Waals surface area (Å²) in [5.74, 6) is 2.03. The lowest BCUT2D eigenvalue weighted by Gasteiger charge is -2.27. The fraction of sp³-hybridized carbons (Fsp3) is 0.619. The number of aliphatic imine (C=N–C) groups is 1. The molecule has 0 saturated heterocycles. The Morgan fingerprint density at radius 2 is 1.79 bits per heavy atom. The van der Waals surface area contributed by atoms with E-state index in [1.165, 1.54) is 5.56 Å². The van der Waals surface area contributed by atoms with Crippen LogP contribution in [0.1, 0.15) is 40.2 Å². The fourth-order valence-corrected chi connectivity index (χ4v) is 2.30. The Morgan fingerprint density at radius 3 is 2.29 bits per heavy atom. The van der Waals surface area contributed by atoms with E-state index < -0.39 is 0 Å². The topological polar surface area (TPSA) is 66.0 Å². The highest BCUT2D eigenvalue weighted by atomic mass is 127. The number of rotatable bonds is 9. The summed E-state index contributed by atoms with van der Waals surface area (Å²) < 4.78 is 5.76. The van der Waals surface area contributed by atoms with Crippen LogP contribution in [0.5, 0.6) is 5.75 Å². The van der Waals surface area contributed by atoms with Crippen LogP contribution in [-0.2, 0) is 10.2 Å². The first-order chi connectivity index (χ1) is 12.7. The predicted molar refractivity (Wildman–Crippen MR) is 128 cm³/mol. The lowest BCUT2D eigenvalue weighted by molar-refractivity contribution is -0.127. The highest BCUT2D eigenvalue weighted by Gasteiger charge is 2.21. The second-order valence-electron chi connectivity index (χ2n) is 7.95. The number of guanidine groups is 1. The molecule has 6 nitrogen and oxygen atoms in total. The van der Waals surface area contributed by atoms with Crippen molar-refractivity contribution < 1.29 is 9.53 Å². The molecule has 0 atom stereocenters. The number of nitrogens with zero attached hydrogens (tertiary/aromatic N) is 2. The van der Waals surface area contributed by atoms with E-state index in [4.69, 9.17) is 4.74 Å². The second-order valence-corrected chi connectivity index (χ2v) is 7.95. The molecule has 7 heteroatoms. The fourth-order valence-electron chi connectivity index (χ4n) is 2.30. The third-order valence-electron chi connectivity index (χ3n) is 4.13. The number of ether oxygens (including phenoxy) is 1. The summed E-state index contributed by atoms with van der Waals surface area (Å²) in [6.45, 7) is 12.9. The van der Waals surface area contributed by atoms with Gasteiger partial charge >= 0.3 is 0 Å². The van der Waals surface area contributed by atoms with E-state index in [0.29, 0.717) is 18.4 Å². The molecular formula is C21H37IN4O2. The van der Waals surface area contributed by atoms with Gasteiger partial charge in [0.1, 0.15) is 12.3 Å². The molecule has 0 fully saturated rings. The van der Waals surface area contributed by atoms with Crippen LogP contribution in [0.4, 0.5) is 0 Å². The van der Waals surface area contributed by atoms with Crippen LogP contribution in [0, 0.1) is 5.92 Å². The van der Waals surface area contributed by atoms with Crippen molar-refractivity contribution >= 4 is 35.8 Å². The molecule has 2 N–H and O–H groups in total. The second kappa shape index (κ2) is 12.9. The normalized spacial score (nSPS) is 11.6. The molecule has 0 spiro atoms. The largest absolute Gasteiger partial charge is 0.493 e. The first-order valence-corrected chi connectivity index (χ1v) is 9.61. The molecule has 0 bridgehead atoms. The third kappa shape index (κ3) is 9.61. The number of nitrogens with one attached hydrogen (secondary N) is 2. The molecule has 0 saturated carbocycles.